The van der Waals surface area contributed by atoms with Crippen molar-refractivity contribution in [3.8, 4) is 0 Å². The quantitative estimate of drug-likeness (QED) is 0.872. The van der Waals surface area contributed by atoms with Gasteiger partial charge in [0, 0.05) is 5.69 Å². The Bertz CT molecular complexity index is 771. The highest BCUT2D eigenvalue weighted by Crippen LogP contribution is 2.34. The normalized spacial score (nSPS) is 17.7. The van der Waals surface area contributed by atoms with Crippen molar-refractivity contribution >= 4 is 34.3 Å². The van der Waals surface area contributed by atoms with Crippen molar-refractivity contribution in [2.45, 2.75) is 32.1 Å². The number of amides is 2. The van der Waals surface area contributed by atoms with Gasteiger partial charge >= 0.3 is 0 Å². The van der Waals surface area contributed by atoms with Crippen LogP contribution in [-0.2, 0) is 4.79 Å². The maximum absolute atomic E-state index is 12.7. The van der Waals surface area contributed by atoms with Gasteiger partial charge in [-0.05, 0) is 53.9 Å². The molecule has 1 fully saturated rings. The third-order valence-corrected chi connectivity index (χ3v) is 5.02. The molecule has 0 aliphatic carbocycles. The maximum Gasteiger partial charge on any atom is 0.295 e. The number of anilines is 2. The zero-order valence-corrected chi connectivity index (χ0v) is 14.8. The average Bonchev–Trinajstić information content (AvgIpc) is 2.83. The van der Waals surface area contributed by atoms with Crippen LogP contribution in [0, 0.1) is 6.92 Å². The van der Waals surface area contributed by atoms with E-state index in [0.29, 0.717) is 11.6 Å². The summed E-state index contributed by atoms with van der Waals surface area (Å²) < 4.78 is 0. The summed E-state index contributed by atoms with van der Waals surface area (Å²) in [5.74, 6) is 0.229. The summed E-state index contributed by atoms with van der Waals surface area (Å²) in [6.07, 6.45) is 0. The Morgan fingerprint density at radius 3 is 2.33 bits per heavy atom. The highest BCUT2D eigenvalue weighted by molar-refractivity contribution is 8.16. The molecule has 0 aromatic heterocycles. The molecule has 2 aromatic carbocycles. The lowest BCUT2D eigenvalue weighted by atomic mass is 10.0. The number of aryl methyl sites for hydroxylation is 1. The zero-order valence-electron chi connectivity index (χ0n) is 13.9. The number of para-hydroxylation sites is 1. The number of hydrogen-bond acceptors (Lipinski definition) is 4. The van der Waals surface area contributed by atoms with Crippen molar-refractivity contribution < 1.29 is 9.59 Å². The largest absolute Gasteiger partial charge is 0.365 e. The lowest BCUT2D eigenvalue weighted by molar-refractivity contribution is -0.116. The number of nitrogens with zero attached hydrogens (tertiary/aromatic N) is 1. The van der Waals surface area contributed by atoms with Crippen LogP contribution in [0.3, 0.4) is 0 Å². The topological polar surface area (TPSA) is 49.4 Å². The number of thioether (sulfide) groups is 1. The van der Waals surface area contributed by atoms with E-state index in [-0.39, 0.29) is 11.1 Å². The molecule has 4 nitrogen and oxygen atoms in total. The second kappa shape index (κ2) is 6.69. The number of carbonyl (C=O) groups excluding carboxylic acids is 2. The fraction of sp³-hybridized carbons (Fsp3) is 0.263. The van der Waals surface area contributed by atoms with Crippen LogP contribution in [0.2, 0.25) is 0 Å². The first-order chi connectivity index (χ1) is 11.5. The number of nitrogens with one attached hydrogen (secondary N) is 1. The van der Waals surface area contributed by atoms with E-state index in [1.54, 1.807) is 6.07 Å². The van der Waals surface area contributed by atoms with Crippen molar-refractivity contribution in [1.29, 1.82) is 0 Å². The third kappa shape index (κ3) is 3.17. The number of imide groups is 1. The summed E-state index contributed by atoms with van der Waals surface area (Å²) in [7, 11) is 0. The third-order valence-electron chi connectivity index (χ3n) is 4.08. The SMILES string of the molecule is Cc1ccccc1N1C(=O)SC(Nc2ccc(C(C)C)cc2)C1=O. The first-order valence-electron chi connectivity index (χ1n) is 7.94. The first-order valence-corrected chi connectivity index (χ1v) is 8.82. The summed E-state index contributed by atoms with van der Waals surface area (Å²) in [6.45, 7) is 6.17. The molecule has 0 bridgehead atoms. The van der Waals surface area contributed by atoms with Crippen LogP contribution >= 0.6 is 11.8 Å². The molecular weight excluding hydrogens is 320 g/mol. The number of rotatable bonds is 4. The fourth-order valence-corrected chi connectivity index (χ4v) is 3.55. The Morgan fingerprint density at radius 1 is 1.04 bits per heavy atom. The minimum atomic E-state index is -0.595. The van der Waals surface area contributed by atoms with E-state index in [1.807, 2.05) is 49.4 Å². The monoisotopic (exact) mass is 340 g/mol. The van der Waals surface area contributed by atoms with Gasteiger partial charge in [-0.2, -0.15) is 0 Å². The smallest absolute Gasteiger partial charge is 0.295 e. The molecular formula is C19H20N2O2S. The molecule has 1 heterocycles. The van der Waals surface area contributed by atoms with Gasteiger partial charge in [-0.25, -0.2) is 4.90 Å². The number of benzene rings is 2. The van der Waals surface area contributed by atoms with E-state index in [2.05, 4.69) is 19.2 Å². The Kier molecular flexibility index (Phi) is 4.62. The standard InChI is InChI=1S/C19H20N2O2S/c1-12(2)14-8-10-15(11-9-14)20-17-18(22)21(19(23)24-17)16-7-5-4-6-13(16)3/h4-12,17,20H,1-3H3. The molecule has 0 spiro atoms. The molecule has 1 atom stereocenters. The molecule has 0 radical (unpaired) electrons. The second-order valence-electron chi connectivity index (χ2n) is 6.14. The number of hydrogen-bond donors (Lipinski definition) is 1. The van der Waals surface area contributed by atoms with E-state index in [0.717, 1.165) is 23.0 Å². The van der Waals surface area contributed by atoms with Crippen LogP contribution in [0.1, 0.15) is 30.9 Å². The lowest BCUT2D eigenvalue weighted by Gasteiger charge is -2.17. The van der Waals surface area contributed by atoms with Crippen molar-refractivity contribution in [3.05, 3.63) is 59.7 Å². The molecule has 24 heavy (non-hydrogen) atoms. The van der Waals surface area contributed by atoms with Gasteiger partial charge in [-0.1, -0.05) is 44.2 Å². The van der Waals surface area contributed by atoms with Gasteiger partial charge in [-0.3, -0.25) is 9.59 Å². The summed E-state index contributed by atoms with van der Waals surface area (Å²) in [5.41, 5.74) is 3.63. The minimum absolute atomic E-state index is 0.229. The van der Waals surface area contributed by atoms with Crippen LogP contribution in [0.25, 0.3) is 0 Å². The molecule has 1 unspecified atom stereocenters. The molecule has 5 heteroatoms. The van der Waals surface area contributed by atoms with Crippen molar-refractivity contribution in [1.82, 2.24) is 0 Å². The van der Waals surface area contributed by atoms with Gasteiger partial charge in [0.15, 0.2) is 5.37 Å². The van der Waals surface area contributed by atoms with E-state index >= 15 is 0 Å². The molecule has 0 saturated carbocycles. The summed E-state index contributed by atoms with van der Waals surface area (Å²) in [6, 6.07) is 15.4. The zero-order chi connectivity index (χ0) is 17.3. The molecule has 1 aliphatic heterocycles. The van der Waals surface area contributed by atoms with Crippen molar-refractivity contribution in [2.75, 3.05) is 10.2 Å². The minimum Gasteiger partial charge on any atom is -0.365 e. The molecule has 3 rings (SSSR count). The molecule has 124 valence electrons. The second-order valence-corrected chi connectivity index (χ2v) is 7.20. The highest BCUT2D eigenvalue weighted by atomic mass is 32.2. The van der Waals surface area contributed by atoms with Gasteiger partial charge in [0.05, 0.1) is 5.69 Å². The van der Waals surface area contributed by atoms with E-state index < -0.39 is 5.37 Å². The van der Waals surface area contributed by atoms with E-state index in [1.165, 1.54) is 10.5 Å². The van der Waals surface area contributed by atoms with Crippen LogP contribution in [0.4, 0.5) is 16.2 Å². The summed E-state index contributed by atoms with van der Waals surface area (Å²) in [5, 5.41) is 2.32. The Morgan fingerprint density at radius 2 is 1.71 bits per heavy atom. The number of carbonyl (C=O) groups is 2. The maximum atomic E-state index is 12.7. The molecule has 2 aromatic rings. The molecule has 1 N–H and O–H groups in total. The van der Waals surface area contributed by atoms with Gasteiger partial charge < -0.3 is 5.32 Å². The highest BCUT2D eigenvalue weighted by Gasteiger charge is 2.41. The Hall–Kier alpha value is -2.27. The van der Waals surface area contributed by atoms with Gasteiger partial charge in [0.2, 0.25) is 0 Å². The fourth-order valence-electron chi connectivity index (χ4n) is 2.65. The van der Waals surface area contributed by atoms with Gasteiger partial charge in [0.1, 0.15) is 0 Å². The first kappa shape index (κ1) is 16.6. The molecule has 1 saturated heterocycles. The van der Waals surface area contributed by atoms with Crippen LogP contribution < -0.4 is 10.2 Å². The van der Waals surface area contributed by atoms with Crippen LogP contribution in [0.5, 0.6) is 0 Å². The predicted octanol–water partition coefficient (Wildman–Crippen LogP) is 4.76. The summed E-state index contributed by atoms with van der Waals surface area (Å²) in [4.78, 5) is 26.2. The van der Waals surface area contributed by atoms with E-state index in [4.69, 9.17) is 0 Å². The van der Waals surface area contributed by atoms with Gasteiger partial charge in [-0.15, -0.1) is 0 Å². The van der Waals surface area contributed by atoms with Gasteiger partial charge in [0.25, 0.3) is 11.1 Å². The molecule has 2 amide bonds. The molecule has 1 aliphatic rings. The Balaban J connectivity index is 1.78. The average molecular weight is 340 g/mol. The van der Waals surface area contributed by atoms with Crippen molar-refractivity contribution in [3.63, 3.8) is 0 Å². The lowest BCUT2D eigenvalue weighted by Crippen LogP contribution is -2.34. The van der Waals surface area contributed by atoms with Crippen LogP contribution in [0.15, 0.2) is 48.5 Å². The summed E-state index contributed by atoms with van der Waals surface area (Å²) >= 11 is 1.02. The van der Waals surface area contributed by atoms with E-state index in [9.17, 15) is 9.59 Å². The van der Waals surface area contributed by atoms with Crippen LogP contribution in [-0.4, -0.2) is 16.5 Å². The van der Waals surface area contributed by atoms with Crippen molar-refractivity contribution in [2.24, 2.45) is 0 Å². The predicted molar refractivity (Wildman–Crippen MR) is 99.6 cm³/mol. The Labute approximate surface area is 146 Å².